The van der Waals surface area contributed by atoms with Crippen molar-refractivity contribution in [3.8, 4) is 0 Å². The highest BCUT2D eigenvalue weighted by Gasteiger charge is 2.19. The number of carbonyl (C=O) groups excluding carboxylic acids is 1. The van der Waals surface area contributed by atoms with Crippen LogP contribution in [0.15, 0.2) is 24.3 Å². The Bertz CT molecular complexity index is 255. The quantitative estimate of drug-likeness (QED) is 0.559. The molecule has 0 saturated heterocycles. The number of amides is 1. The minimum absolute atomic E-state index is 0.0344. The summed E-state index contributed by atoms with van der Waals surface area (Å²) in [5, 5.41) is 3.05. The normalized spacial score (nSPS) is 27.3. The second kappa shape index (κ2) is 6.44. The van der Waals surface area contributed by atoms with Crippen LogP contribution in [-0.4, -0.2) is 11.9 Å². The van der Waals surface area contributed by atoms with Gasteiger partial charge in [0, 0.05) is 12.1 Å². The molecule has 1 N–H and O–H groups in total. The number of hydrogen-bond acceptors (Lipinski definition) is 1. The van der Waals surface area contributed by atoms with Crippen molar-refractivity contribution in [3.63, 3.8) is 0 Å². The summed E-state index contributed by atoms with van der Waals surface area (Å²) in [6, 6.07) is 0.386. The summed E-state index contributed by atoms with van der Waals surface area (Å²) in [6.45, 7) is 4.19. The molecule has 0 spiro atoms. The summed E-state index contributed by atoms with van der Waals surface area (Å²) >= 11 is 0. The van der Waals surface area contributed by atoms with Crippen LogP contribution >= 0.6 is 0 Å². The summed E-state index contributed by atoms with van der Waals surface area (Å²) in [6.07, 6.45) is 12.0. The molecule has 1 amide bonds. The minimum atomic E-state index is 0.0344. The molecule has 2 atom stereocenters. The van der Waals surface area contributed by atoms with Crippen LogP contribution in [-0.2, 0) is 4.79 Å². The zero-order valence-corrected chi connectivity index (χ0v) is 9.70. The van der Waals surface area contributed by atoms with E-state index in [-0.39, 0.29) is 5.91 Å². The molecule has 1 aliphatic carbocycles. The first kappa shape index (κ1) is 12.0. The Hall–Kier alpha value is -1.05. The summed E-state index contributed by atoms with van der Waals surface area (Å²) in [7, 11) is 0. The van der Waals surface area contributed by atoms with Gasteiger partial charge in [-0.2, -0.15) is 0 Å². The highest BCUT2D eigenvalue weighted by Crippen LogP contribution is 2.23. The molecule has 1 fully saturated rings. The molecule has 0 aromatic heterocycles. The van der Waals surface area contributed by atoms with E-state index < -0.39 is 0 Å². The van der Waals surface area contributed by atoms with Crippen LogP contribution in [0, 0.1) is 5.92 Å². The fourth-order valence-corrected chi connectivity index (χ4v) is 2.07. The van der Waals surface area contributed by atoms with Gasteiger partial charge in [-0.1, -0.05) is 38.0 Å². The van der Waals surface area contributed by atoms with E-state index in [1.165, 1.54) is 12.8 Å². The highest BCUT2D eigenvalue weighted by molar-refractivity contribution is 5.87. The maximum Gasteiger partial charge on any atom is 0.244 e. The summed E-state index contributed by atoms with van der Waals surface area (Å²) in [4.78, 5) is 11.5. The molecule has 0 aromatic carbocycles. The van der Waals surface area contributed by atoms with Gasteiger partial charge in [0.05, 0.1) is 0 Å². The van der Waals surface area contributed by atoms with Crippen molar-refractivity contribution < 1.29 is 4.79 Å². The average molecular weight is 207 g/mol. The van der Waals surface area contributed by atoms with E-state index in [4.69, 9.17) is 0 Å². The number of rotatable bonds is 3. The van der Waals surface area contributed by atoms with Crippen molar-refractivity contribution in [1.29, 1.82) is 0 Å². The van der Waals surface area contributed by atoms with E-state index in [2.05, 4.69) is 12.2 Å². The summed E-state index contributed by atoms with van der Waals surface area (Å²) in [5.74, 6) is 0.788. The lowest BCUT2D eigenvalue weighted by Gasteiger charge is -2.26. The fourth-order valence-electron chi connectivity index (χ4n) is 2.07. The van der Waals surface area contributed by atoms with Crippen LogP contribution in [0.3, 0.4) is 0 Å². The van der Waals surface area contributed by atoms with Gasteiger partial charge in [-0.05, 0) is 25.7 Å². The third-order valence-corrected chi connectivity index (χ3v) is 2.83. The van der Waals surface area contributed by atoms with Gasteiger partial charge in [0.1, 0.15) is 0 Å². The van der Waals surface area contributed by atoms with E-state index in [1.54, 1.807) is 12.2 Å². The first-order valence-electron chi connectivity index (χ1n) is 5.82. The zero-order chi connectivity index (χ0) is 11.1. The predicted molar refractivity (Wildman–Crippen MR) is 63.5 cm³/mol. The third kappa shape index (κ3) is 4.82. The van der Waals surface area contributed by atoms with E-state index in [1.807, 2.05) is 19.1 Å². The molecule has 84 valence electrons. The largest absolute Gasteiger partial charge is 0.350 e. The smallest absolute Gasteiger partial charge is 0.244 e. The molecule has 2 unspecified atom stereocenters. The number of carbonyl (C=O) groups is 1. The van der Waals surface area contributed by atoms with E-state index in [0.29, 0.717) is 6.04 Å². The van der Waals surface area contributed by atoms with Gasteiger partial charge in [-0.25, -0.2) is 0 Å². The van der Waals surface area contributed by atoms with E-state index >= 15 is 0 Å². The lowest BCUT2D eigenvalue weighted by atomic mass is 9.87. The Morgan fingerprint density at radius 2 is 2.13 bits per heavy atom. The van der Waals surface area contributed by atoms with Crippen LogP contribution in [0.5, 0.6) is 0 Å². The van der Waals surface area contributed by atoms with Crippen LogP contribution < -0.4 is 5.32 Å². The van der Waals surface area contributed by atoms with E-state index in [9.17, 15) is 4.79 Å². The van der Waals surface area contributed by atoms with Crippen LogP contribution in [0.2, 0.25) is 0 Å². The molecular formula is C13H21NO. The fraction of sp³-hybridized carbons (Fsp3) is 0.615. The second-order valence-electron chi connectivity index (χ2n) is 4.36. The van der Waals surface area contributed by atoms with Crippen LogP contribution in [0.25, 0.3) is 0 Å². The van der Waals surface area contributed by atoms with E-state index in [0.717, 1.165) is 18.8 Å². The van der Waals surface area contributed by atoms with Gasteiger partial charge in [-0.15, -0.1) is 0 Å². The third-order valence-electron chi connectivity index (χ3n) is 2.83. The van der Waals surface area contributed by atoms with Crippen molar-refractivity contribution in [2.75, 3.05) is 0 Å². The molecule has 2 heteroatoms. The van der Waals surface area contributed by atoms with Gasteiger partial charge >= 0.3 is 0 Å². The number of nitrogens with one attached hydrogen (secondary N) is 1. The lowest BCUT2D eigenvalue weighted by Crippen LogP contribution is -2.36. The van der Waals surface area contributed by atoms with Gasteiger partial charge in [0.15, 0.2) is 0 Å². The topological polar surface area (TPSA) is 29.1 Å². The Morgan fingerprint density at radius 1 is 1.33 bits per heavy atom. The van der Waals surface area contributed by atoms with Crippen LogP contribution in [0.1, 0.15) is 39.5 Å². The molecule has 0 bridgehead atoms. The first-order valence-corrected chi connectivity index (χ1v) is 5.82. The minimum Gasteiger partial charge on any atom is -0.350 e. The molecule has 0 aromatic rings. The van der Waals surface area contributed by atoms with Crippen LogP contribution in [0.4, 0.5) is 0 Å². The molecule has 15 heavy (non-hydrogen) atoms. The molecule has 1 saturated carbocycles. The average Bonchev–Trinajstić information content (AvgIpc) is 2.18. The summed E-state index contributed by atoms with van der Waals surface area (Å²) in [5.41, 5.74) is 0. The number of hydrogen-bond donors (Lipinski definition) is 1. The Labute approximate surface area is 92.4 Å². The predicted octanol–water partition coefficient (Wildman–Crippen LogP) is 2.81. The Kier molecular flexibility index (Phi) is 5.16. The Morgan fingerprint density at radius 3 is 2.80 bits per heavy atom. The van der Waals surface area contributed by atoms with Gasteiger partial charge in [-0.3, -0.25) is 4.79 Å². The monoisotopic (exact) mass is 207 g/mol. The Balaban J connectivity index is 2.30. The van der Waals surface area contributed by atoms with Crippen molar-refractivity contribution in [3.05, 3.63) is 24.3 Å². The standard InChI is InChI=1S/C13H21NO/c1-3-4-5-9-13(15)14-12-8-6-7-11(2)10-12/h3-5,9,11-12H,6-8,10H2,1-2H3,(H,14,15)/b4-3+,9-5+. The van der Waals surface area contributed by atoms with Gasteiger partial charge in [0.2, 0.25) is 5.91 Å². The molecule has 0 radical (unpaired) electrons. The SMILES string of the molecule is C/C=C/C=C/C(=O)NC1CCCC(C)C1. The van der Waals surface area contributed by atoms with Crippen molar-refractivity contribution >= 4 is 5.91 Å². The summed E-state index contributed by atoms with van der Waals surface area (Å²) < 4.78 is 0. The second-order valence-corrected chi connectivity index (χ2v) is 4.36. The molecule has 1 rings (SSSR count). The van der Waals surface area contributed by atoms with Crippen molar-refractivity contribution in [2.45, 2.75) is 45.6 Å². The van der Waals surface area contributed by atoms with Gasteiger partial charge in [0.25, 0.3) is 0 Å². The van der Waals surface area contributed by atoms with Crippen molar-refractivity contribution in [1.82, 2.24) is 5.32 Å². The molecular weight excluding hydrogens is 186 g/mol. The molecule has 0 aliphatic heterocycles. The van der Waals surface area contributed by atoms with Gasteiger partial charge < -0.3 is 5.32 Å². The number of allylic oxidation sites excluding steroid dienone is 3. The molecule has 2 nitrogen and oxygen atoms in total. The molecule has 0 heterocycles. The highest BCUT2D eigenvalue weighted by atomic mass is 16.1. The first-order chi connectivity index (χ1) is 7.22. The molecule has 1 aliphatic rings. The maximum atomic E-state index is 11.5. The van der Waals surface area contributed by atoms with Crippen molar-refractivity contribution in [2.24, 2.45) is 5.92 Å². The zero-order valence-electron chi connectivity index (χ0n) is 9.70. The lowest BCUT2D eigenvalue weighted by molar-refractivity contribution is -0.117. The maximum absolute atomic E-state index is 11.5.